The lowest BCUT2D eigenvalue weighted by Crippen LogP contribution is -2.33. The van der Waals surface area contributed by atoms with E-state index in [4.69, 9.17) is 14.0 Å². The molecule has 1 atom stereocenters. The number of rotatable bonds is 5. The van der Waals surface area contributed by atoms with Crippen LogP contribution in [0.3, 0.4) is 0 Å². The fourth-order valence-corrected chi connectivity index (χ4v) is 3.32. The van der Waals surface area contributed by atoms with Crippen LogP contribution >= 0.6 is 0 Å². The summed E-state index contributed by atoms with van der Waals surface area (Å²) in [6.07, 6.45) is 2.13. The Morgan fingerprint density at radius 2 is 1.96 bits per heavy atom. The first-order valence-electron chi connectivity index (χ1n) is 8.61. The van der Waals surface area contributed by atoms with Crippen LogP contribution in [0.5, 0.6) is 0 Å². The van der Waals surface area contributed by atoms with E-state index in [9.17, 15) is 0 Å². The molecule has 1 fully saturated rings. The van der Waals surface area contributed by atoms with Crippen molar-refractivity contribution in [3.05, 3.63) is 59.9 Å². The Kier molecular flexibility index (Phi) is 4.63. The highest BCUT2D eigenvalue weighted by Gasteiger charge is 2.26. The van der Waals surface area contributed by atoms with Gasteiger partial charge in [0.25, 0.3) is 0 Å². The molecule has 0 aliphatic carbocycles. The van der Waals surface area contributed by atoms with Crippen LogP contribution in [0.25, 0.3) is 11.4 Å². The van der Waals surface area contributed by atoms with E-state index in [0.717, 1.165) is 43.8 Å². The predicted molar refractivity (Wildman–Crippen MR) is 91.6 cm³/mol. The Morgan fingerprint density at radius 3 is 2.76 bits per heavy atom. The second-order valence-electron chi connectivity index (χ2n) is 6.42. The summed E-state index contributed by atoms with van der Waals surface area (Å²) in [6, 6.07) is 13.6. The Hall–Kier alpha value is -2.44. The van der Waals surface area contributed by atoms with E-state index in [1.165, 1.54) is 0 Å². The Bertz CT molecular complexity index is 812. The second kappa shape index (κ2) is 7.21. The number of benzene rings is 1. The van der Waals surface area contributed by atoms with Crippen molar-refractivity contribution in [1.29, 1.82) is 0 Å². The van der Waals surface area contributed by atoms with Crippen LogP contribution in [0.15, 0.2) is 51.4 Å². The molecule has 6 heteroatoms. The van der Waals surface area contributed by atoms with Crippen LogP contribution < -0.4 is 0 Å². The average molecular weight is 339 g/mol. The second-order valence-corrected chi connectivity index (χ2v) is 6.42. The number of nitrogens with zero attached hydrogens (tertiary/aromatic N) is 3. The standard InChI is InChI=1S/C19H21N3O3/c23-13-17-9-8-16(24-17)12-22-10-4-7-15(11-22)19-20-18(21-25-19)14-5-2-1-3-6-14/h1-3,5-6,8-9,15,23H,4,7,10-13H2/t15-/m1/s1. The van der Waals surface area contributed by atoms with Gasteiger partial charge in [-0.15, -0.1) is 0 Å². The quantitative estimate of drug-likeness (QED) is 0.769. The van der Waals surface area contributed by atoms with Crippen molar-refractivity contribution in [2.24, 2.45) is 0 Å². The van der Waals surface area contributed by atoms with E-state index < -0.39 is 0 Å². The van der Waals surface area contributed by atoms with Gasteiger partial charge in [-0.2, -0.15) is 4.98 Å². The first kappa shape index (κ1) is 16.1. The number of piperidine rings is 1. The fraction of sp³-hybridized carbons (Fsp3) is 0.368. The molecule has 25 heavy (non-hydrogen) atoms. The van der Waals surface area contributed by atoms with Gasteiger partial charge in [-0.1, -0.05) is 35.5 Å². The normalized spacial score (nSPS) is 18.5. The summed E-state index contributed by atoms with van der Waals surface area (Å²) in [4.78, 5) is 6.94. The molecule has 6 nitrogen and oxygen atoms in total. The highest BCUT2D eigenvalue weighted by Crippen LogP contribution is 2.28. The molecule has 3 aromatic rings. The van der Waals surface area contributed by atoms with Gasteiger partial charge in [0.05, 0.1) is 12.5 Å². The minimum absolute atomic E-state index is 0.0626. The van der Waals surface area contributed by atoms with Crippen LogP contribution in [0.2, 0.25) is 0 Å². The maximum absolute atomic E-state index is 9.11. The molecule has 4 rings (SSSR count). The minimum atomic E-state index is -0.0626. The summed E-state index contributed by atoms with van der Waals surface area (Å²) in [5.41, 5.74) is 0.970. The van der Waals surface area contributed by atoms with Crippen molar-refractivity contribution in [3.8, 4) is 11.4 Å². The van der Waals surface area contributed by atoms with Crippen molar-refractivity contribution < 1.29 is 14.0 Å². The third-order valence-corrected chi connectivity index (χ3v) is 4.58. The summed E-state index contributed by atoms with van der Waals surface area (Å²) in [6.45, 7) is 2.56. The van der Waals surface area contributed by atoms with Crippen molar-refractivity contribution in [1.82, 2.24) is 15.0 Å². The lowest BCUT2D eigenvalue weighted by Gasteiger charge is -2.30. The molecule has 0 bridgehead atoms. The first-order chi connectivity index (χ1) is 12.3. The molecule has 0 radical (unpaired) electrons. The molecule has 0 saturated carbocycles. The van der Waals surface area contributed by atoms with E-state index in [-0.39, 0.29) is 12.5 Å². The largest absolute Gasteiger partial charge is 0.462 e. The minimum Gasteiger partial charge on any atom is -0.462 e. The van der Waals surface area contributed by atoms with Crippen LogP contribution in [0.4, 0.5) is 0 Å². The molecular formula is C19H21N3O3. The molecule has 1 saturated heterocycles. The van der Waals surface area contributed by atoms with E-state index in [0.29, 0.717) is 17.5 Å². The first-order valence-corrected chi connectivity index (χ1v) is 8.61. The summed E-state index contributed by atoms with van der Waals surface area (Å²) < 4.78 is 11.1. The van der Waals surface area contributed by atoms with Gasteiger partial charge in [0, 0.05) is 12.1 Å². The maximum Gasteiger partial charge on any atom is 0.231 e. The molecule has 3 heterocycles. The molecule has 1 aliphatic heterocycles. The van der Waals surface area contributed by atoms with Gasteiger partial charge in [-0.3, -0.25) is 4.90 Å². The van der Waals surface area contributed by atoms with Gasteiger partial charge in [-0.25, -0.2) is 0 Å². The zero-order chi connectivity index (χ0) is 17.1. The summed E-state index contributed by atoms with van der Waals surface area (Å²) in [5, 5.41) is 13.2. The molecule has 2 aromatic heterocycles. The average Bonchev–Trinajstić information content (AvgIpc) is 3.32. The topological polar surface area (TPSA) is 75.5 Å². The lowest BCUT2D eigenvalue weighted by atomic mass is 9.98. The number of aromatic nitrogens is 2. The molecule has 1 N–H and O–H groups in total. The van der Waals surface area contributed by atoms with Gasteiger partial charge in [0.2, 0.25) is 11.7 Å². The number of hydrogen-bond acceptors (Lipinski definition) is 6. The smallest absolute Gasteiger partial charge is 0.231 e. The number of aliphatic hydroxyl groups is 1. The molecule has 0 unspecified atom stereocenters. The van der Waals surface area contributed by atoms with Crippen LogP contribution in [0, 0.1) is 0 Å². The molecular weight excluding hydrogens is 318 g/mol. The van der Waals surface area contributed by atoms with Crippen LogP contribution in [0.1, 0.15) is 36.2 Å². The van der Waals surface area contributed by atoms with Crippen molar-refractivity contribution in [2.45, 2.75) is 31.9 Å². The summed E-state index contributed by atoms with van der Waals surface area (Å²) >= 11 is 0. The maximum atomic E-state index is 9.11. The third kappa shape index (κ3) is 3.65. The van der Waals surface area contributed by atoms with Gasteiger partial charge in [0.15, 0.2) is 0 Å². The molecule has 1 aromatic carbocycles. The number of furan rings is 1. The third-order valence-electron chi connectivity index (χ3n) is 4.58. The molecule has 0 amide bonds. The van der Waals surface area contributed by atoms with Crippen LogP contribution in [-0.2, 0) is 13.2 Å². The Morgan fingerprint density at radius 1 is 1.12 bits per heavy atom. The van der Waals surface area contributed by atoms with E-state index >= 15 is 0 Å². The van der Waals surface area contributed by atoms with Gasteiger partial charge in [-0.05, 0) is 31.5 Å². The number of likely N-dealkylation sites (tertiary alicyclic amines) is 1. The fourth-order valence-electron chi connectivity index (χ4n) is 3.32. The van der Waals surface area contributed by atoms with Gasteiger partial charge < -0.3 is 14.0 Å². The highest BCUT2D eigenvalue weighted by molar-refractivity contribution is 5.53. The highest BCUT2D eigenvalue weighted by atomic mass is 16.5. The Labute approximate surface area is 146 Å². The summed E-state index contributed by atoms with van der Waals surface area (Å²) in [7, 11) is 0. The number of hydrogen-bond donors (Lipinski definition) is 1. The zero-order valence-corrected chi connectivity index (χ0v) is 14.0. The lowest BCUT2D eigenvalue weighted by molar-refractivity contribution is 0.165. The van der Waals surface area contributed by atoms with Gasteiger partial charge >= 0.3 is 0 Å². The van der Waals surface area contributed by atoms with Gasteiger partial charge in [0.1, 0.15) is 18.1 Å². The van der Waals surface area contributed by atoms with Crippen molar-refractivity contribution >= 4 is 0 Å². The zero-order valence-electron chi connectivity index (χ0n) is 14.0. The molecule has 130 valence electrons. The van der Waals surface area contributed by atoms with Crippen LogP contribution in [-0.4, -0.2) is 33.2 Å². The van der Waals surface area contributed by atoms with E-state index in [1.807, 2.05) is 42.5 Å². The predicted octanol–water partition coefficient (Wildman–Crippen LogP) is 3.20. The van der Waals surface area contributed by atoms with Crippen molar-refractivity contribution in [3.63, 3.8) is 0 Å². The SMILES string of the molecule is OCc1ccc(CN2CCC[C@@H](c3nc(-c4ccccc4)no3)C2)o1. The van der Waals surface area contributed by atoms with E-state index in [2.05, 4.69) is 15.0 Å². The Balaban J connectivity index is 1.43. The summed E-state index contributed by atoms with van der Waals surface area (Å²) in [5.74, 6) is 3.07. The molecule has 1 aliphatic rings. The monoisotopic (exact) mass is 339 g/mol. The van der Waals surface area contributed by atoms with E-state index in [1.54, 1.807) is 0 Å². The van der Waals surface area contributed by atoms with Crippen molar-refractivity contribution in [2.75, 3.05) is 13.1 Å². The molecule has 0 spiro atoms. The number of aliphatic hydroxyl groups excluding tert-OH is 1.